The first-order chi connectivity index (χ1) is 9.99. The van der Waals surface area contributed by atoms with Gasteiger partial charge in [-0.1, -0.05) is 26.0 Å². The molecular formula is C18H29FN2. The van der Waals surface area contributed by atoms with Gasteiger partial charge in [0.1, 0.15) is 5.82 Å². The number of nitrogens with one attached hydrogen (secondary N) is 1. The van der Waals surface area contributed by atoms with Gasteiger partial charge in [0.15, 0.2) is 0 Å². The first-order valence-electron chi connectivity index (χ1n) is 8.16. The summed E-state index contributed by atoms with van der Waals surface area (Å²) >= 11 is 0. The van der Waals surface area contributed by atoms with Crippen LogP contribution in [0.2, 0.25) is 0 Å². The van der Waals surface area contributed by atoms with Crippen molar-refractivity contribution in [1.29, 1.82) is 0 Å². The van der Waals surface area contributed by atoms with Crippen LogP contribution in [-0.2, 0) is 0 Å². The molecule has 0 spiro atoms. The Hall–Kier alpha value is -0.930. The molecule has 0 bridgehead atoms. The molecule has 0 radical (unpaired) electrons. The van der Waals surface area contributed by atoms with Crippen molar-refractivity contribution in [2.45, 2.75) is 51.1 Å². The van der Waals surface area contributed by atoms with Crippen molar-refractivity contribution in [3.63, 3.8) is 0 Å². The molecule has 3 heteroatoms. The van der Waals surface area contributed by atoms with Gasteiger partial charge in [-0.15, -0.1) is 0 Å². The summed E-state index contributed by atoms with van der Waals surface area (Å²) in [4.78, 5) is 2.36. The fourth-order valence-corrected chi connectivity index (χ4v) is 3.76. The van der Waals surface area contributed by atoms with E-state index in [4.69, 9.17) is 0 Å². The molecular weight excluding hydrogens is 263 g/mol. The van der Waals surface area contributed by atoms with Crippen LogP contribution in [0.4, 0.5) is 4.39 Å². The topological polar surface area (TPSA) is 15.3 Å². The van der Waals surface area contributed by atoms with Gasteiger partial charge < -0.3 is 10.2 Å². The van der Waals surface area contributed by atoms with E-state index in [-0.39, 0.29) is 17.4 Å². The number of benzene rings is 1. The molecule has 0 heterocycles. The van der Waals surface area contributed by atoms with Gasteiger partial charge in [0.05, 0.1) is 6.04 Å². The summed E-state index contributed by atoms with van der Waals surface area (Å²) in [5, 5.41) is 3.62. The molecule has 1 aromatic carbocycles. The number of hydrogen-bond donors (Lipinski definition) is 1. The van der Waals surface area contributed by atoms with Gasteiger partial charge in [0.2, 0.25) is 0 Å². The highest BCUT2D eigenvalue weighted by molar-refractivity contribution is 5.25. The Morgan fingerprint density at radius 3 is 2.52 bits per heavy atom. The lowest BCUT2D eigenvalue weighted by molar-refractivity contribution is 0.0433. The van der Waals surface area contributed by atoms with Crippen LogP contribution in [0.3, 0.4) is 0 Å². The molecule has 1 aromatic rings. The Balaban J connectivity index is 2.37. The molecule has 1 N–H and O–H groups in total. The van der Waals surface area contributed by atoms with E-state index in [0.717, 1.165) is 30.9 Å². The molecule has 1 aliphatic rings. The third-order valence-electron chi connectivity index (χ3n) is 5.16. The first-order valence-corrected chi connectivity index (χ1v) is 8.16. The van der Waals surface area contributed by atoms with E-state index in [9.17, 15) is 4.39 Å². The van der Waals surface area contributed by atoms with Crippen molar-refractivity contribution in [2.75, 3.05) is 20.6 Å². The van der Waals surface area contributed by atoms with Crippen LogP contribution in [0.1, 0.15) is 51.1 Å². The summed E-state index contributed by atoms with van der Waals surface area (Å²) < 4.78 is 13.7. The monoisotopic (exact) mass is 292 g/mol. The van der Waals surface area contributed by atoms with Crippen molar-refractivity contribution < 1.29 is 4.39 Å². The smallest absolute Gasteiger partial charge is 0.123 e. The summed E-state index contributed by atoms with van der Waals surface area (Å²) in [5.41, 5.74) is 1.15. The highest BCUT2D eigenvalue weighted by Crippen LogP contribution is 2.43. The zero-order valence-electron chi connectivity index (χ0n) is 13.8. The molecule has 1 unspecified atom stereocenters. The number of nitrogens with zero attached hydrogens (tertiary/aromatic N) is 1. The molecule has 2 nitrogen and oxygen atoms in total. The fraction of sp³-hybridized carbons (Fsp3) is 0.667. The van der Waals surface area contributed by atoms with Crippen LogP contribution in [0, 0.1) is 11.7 Å². The average Bonchev–Trinajstić information content (AvgIpc) is 2.46. The Kier molecular flexibility index (Phi) is 5.39. The van der Waals surface area contributed by atoms with Crippen molar-refractivity contribution >= 4 is 0 Å². The second-order valence-corrected chi connectivity index (χ2v) is 6.73. The van der Waals surface area contributed by atoms with Crippen molar-refractivity contribution in [1.82, 2.24) is 10.2 Å². The lowest BCUT2D eigenvalue weighted by Crippen LogP contribution is -2.55. The Morgan fingerprint density at radius 2 is 2.00 bits per heavy atom. The SMILES string of the molecule is CCNC(c1cccc(F)c1)C1(N(C)C)CCC(C)CC1. The maximum Gasteiger partial charge on any atom is 0.123 e. The van der Waals surface area contributed by atoms with Crippen molar-refractivity contribution in [3.05, 3.63) is 35.6 Å². The summed E-state index contributed by atoms with van der Waals surface area (Å²) in [6.07, 6.45) is 4.81. The Labute approximate surface area is 128 Å². The molecule has 1 saturated carbocycles. The average molecular weight is 292 g/mol. The second-order valence-electron chi connectivity index (χ2n) is 6.73. The van der Waals surface area contributed by atoms with Crippen LogP contribution in [-0.4, -0.2) is 31.1 Å². The molecule has 21 heavy (non-hydrogen) atoms. The lowest BCUT2D eigenvalue weighted by atomic mass is 9.70. The zero-order valence-corrected chi connectivity index (χ0v) is 13.8. The normalized spacial score (nSPS) is 27.8. The maximum absolute atomic E-state index is 13.7. The molecule has 0 saturated heterocycles. The van der Waals surface area contributed by atoms with Gasteiger partial charge in [-0.3, -0.25) is 0 Å². The molecule has 0 amide bonds. The lowest BCUT2D eigenvalue weighted by Gasteiger charge is -2.50. The standard InChI is InChI=1S/C18H29FN2/c1-5-20-17(15-7-6-8-16(19)13-15)18(21(3)4)11-9-14(2)10-12-18/h6-8,13-14,17,20H,5,9-12H2,1-4H3. The van der Waals surface area contributed by atoms with Crippen LogP contribution < -0.4 is 5.32 Å². The second kappa shape index (κ2) is 6.89. The van der Waals surface area contributed by atoms with E-state index in [2.05, 4.69) is 44.2 Å². The summed E-state index contributed by atoms with van der Waals surface area (Å²) in [7, 11) is 4.33. The van der Waals surface area contributed by atoms with E-state index in [1.165, 1.54) is 18.9 Å². The number of halogens is 1. The van der Waals surface area contributed by atoms with E-state index in [0.29, 0.717) is 0 Å². The summed E-state index contributed by atoms with van der Waals surface area (Å²) in [6.45, 7) is 5.36. The fourth-order valence-electron chi connectivity index (χ4n) is 3.76. The zero-order chi connectivity index (χ0) is 15.5. The third kappa shape index (κ3) is 3.46. The molecule has 0 aromatic heterocycles. The number of rotatable bonds is 5. The molecule has 1 fully saturated rings. The third-order valence-corrected chi connectivity index (χ3v) is 5.16. The van der Waals surface area contributed by atoms with Crippen LogP contribution in [0.15, 0.2) is 24.3 Å². The summed E-state index contributed by atoms with van der Waals surface area (Å²) in [5.74, 6) is 0.654. The van der Waals surface area contributed by atoms with Gasteiger partial charge in [0.25, 0.3) is 0 Å². The predicted molar refractivity (Wildman–Crippen MR) is 86.9 cm³/mol. The van der Waals surface area contributed by atoms with Crippen LogP contribution >= 0.6 is 0 Å². The van der Waals surface area contributed by atoms with Gasteiger partial charge in [-0.2, -0.15) is 0 Å². The van der Waals surface area contributed by atoms with Crippen molar-refractivity contribution in [2.24, 2.45) is 5.92 Å². The van der Waals surface area contributed by atoms with Crippen molar-refractivity contribution in [3.8, 4) is 0 Å². The Morgan fingerprint density at radius 1 is 1.33 bits per heavy atom. The molecule has 1 aliphatic carbocycles. The molecule has 0 aliphatic heterocycles. The van der Waals surface area contributed by atoms with E-state index < -0.39 is 0 Å². The van der Waals surface area contributed by atoms with Gasteiger partial charge >= 0.3 is 0 Å². The molecule has 2 rings (SSSR count). The number of hydrogen-bond acceptors (Lipinski definition) is 2. The number of likely N-dealkylation sites (N-methyl/N-ethyl adjacent to an activating group) is 2. The van der Waals surface area contributed by atoms with E-state index in [1.807, 2.05) is 6.07 Å². The van der Waals surface area contributed by atoms with Crippen LogP contribution in [0.25, 0.3) is 0 Å². The predicted octanol–water partition coefficient (Wildman–Crippen LogP) is 3.99. The minimum absolute atomic E-state index is 0.0797. The highest BCUT2D eigenvalue weighted by Gasteiger charge is 2.43. The Bertz CT molecular complexity index is 450. The first kappa shape index (κ1) is 16.4. The van der Waals surface area contributed by atoms with Gasteiger partial charge in [-0.25, -0.2) is 4.39 Å². The quantitative estimate of drug-likeness (QED) is 0.883. The molecule has 118 valence electrons. The maximum atomic E-state index is 13.7. The van der Waals surface area contributed by atoms with E-state index >= 15 is 0 Å². The van der Waals surface area contributed by atoms with Gasteiger partial charge in [-0.05, 0) is 69.9 Å². The summed E-state index contributed by atoms with van der Waals surface area (Å²) in [6, 6.07) is 7.28. The minimum atomic E-state index is -0.145. The highest BCUT2D eigenvalue weighted by atomic mass is 19.1. The van der Waals surface area contributed by atoms with E-state index in [1.54, 1.807) is 6.07 Å². The van der Waals surface area contributed by atoms with Crippen LogP contribution in [0.5, 0.6) is 0 Å². The largest absolute Gasteiger partial charge is 0.309 e. The minimum Gasteiger partial charge on any atom is -0.309 e. The molecule has 1 atom stereocenters. The van der Waals surface area contributed by atoms with Gasteiger partial charge in [0, 0.05) is 5.54 Å².